The van der Waals surface area contributed by atoms with Gasteiger partial charge in [0.15, 0.2) is 5.82 Å². The Balaban J connectivity index is 2.42. The van der Waals surface area contributed by atoms with Crippen LogP contribution in [-0.2, 0) is 4.79 Å². The highest BCUT2D eigenvalue weighted by Crippen LogP contribution is 2.25. The average Bonchev–Trinajstić information content (AvgIpc) is 2.17. The van der Waals surface area contributed by atoms with E-state index in [9.17, 15) is 4.79 Å². The van der Waals surface area contributed by atoms with E-state index in [-0.39, 0.29) is 5.91 Å². The Hall–Kier alpha value is -1.58. The molecule has 1 N–H and O–H groups in total. The molecule has 0 atom stereocenters. The van der Waals surface area contributed by atoms with Gasteiger partial charge in [-0.2, -0.15) is 0 Å². The van der Waals surface area contributed by atoms with Crippen LogP contribution in [0.15, 0.2) is 18.3 Å². The number of nitrogens with one attached hydrogen (secondary N) is 1. The van der Waals surface area contributed by atoms with Crippen molar-refractivity contribution in [3.8, 4) is 0 Å². The van der Waals surface area contributed by atoms with E-state index in [4.69, 9.17) is 0 Å². The fourth-order valence-corrected chi connectivity index (χ4v) is 1.46. The third kappa shape index (κ3) is 1.35. The van der Waals surface area contributed by atoms with E-state index < -0.39 is 0 Å². The van der Waals surface area contributed by atoms with Crippen molar-refractivity contribution in [2.45, 2.75) is 6.92 Å². The topological polar surface area (TPSA) is 45.2 Å². The minimum Gasteiger partial charge on any atom is -0.380 e. The van der Waals surface area contributed by atoms with Crippen molar-refractivity contribution < 1.29 is 4.79 Å². The SMILES string of the molecule is CC(=O)N1CCNc2cccnc21. The van der Waals surface area contributed by atoms with Gasteiger partial charge < -0.3 is 5.32 Å². The summed E-state index contributed by atoms with van der Waals surface area (Å²) in [7, 11) is 0. The lowest BCUT2D eigenvalue weighted by atomic mass is 10.3. The molecule has 4 heteroatoms. The van der Waals surface area contributed by atoms with Gasteiger partial charge in [0, 0.05) is 26.2 Å². The van der Waals surface area contributed by atoms with Crippen LogP contribution >= 0.6 is 0 Å². The number of aromatic nitrogens is 1. The molecule has 68 valence electrons. The number of carbonyl (C=O) groups is 1. The molecule has 1 aliphatic rings. The monoisotopic (exact) mass is 177 g/mol. The third-order valence-electron chi connectivity index (χ3n) is 2.07. The van der Waals surface area contributed by atoms with Crippen LogP contribution in [0.1, 0.15) is 6.92 Å². The van der Waals surface area contributed by atoms with Gasteiger partial charge >= 0.3 is 0 Å². The summed E-state index contributed by atoms with van der Waals surface area (Å²) in [5, 5.41) is 3.19. The zero-order valence-corrected chi connectivity index (χ0v) is 7.45. The summed E-state index contributed by atoms with van der Waals surface area (Å²) in [6, 6.07) is 3.78. The fraction of sp³-hybridized carbons (Fsp3) is 0.333. The van der Waals surface area contributed by atoms with Crippen molar-refractivity contribution in [1.29, 1.82) is 0 Å². The van der Waals surface area contributed by atoms with Gasteiger partial charge in [-0.25, -0.2) is 4.98 Å². The number of carbonyl (C=O) groups excluding carboxylic acids is 1. The number of nitrogens with zero attached hydrogens (tertiary/aromatic N) is 2. The summed E-state index contributed by atoms with van der Waals surface area (Å²) in [4.78, 5) is 17.1. The van der Waals surface area contributed by atoms with E-state index in [1.54, 1.807) is 18.0 Å². The van der Waals surface area contributed by atoms with E-state index in [1.165, 1.54) is 0 Å². The van der Waals surface area contributed by atoms with Crippen LogP contribution in [0.25, 0.3) is 0 Å². The molecule has 4 nitrogen and oxygen atoms in total. The summed E-state index contributed by atoms with van der Waals surface area (Å²) in [6.07, 6.45) is 1.70. The summed E-state index contributed by atoms with van der Waals surface area (Å²) >= 11 is 0. The Bertz CT molecular complexity index is 337. The van der Waals surface area contributed by atoms with Crippen LogP contribution in [0, 0.1) is 0 Å². The zero-order valence-electron chi connectivity index (χ0n) is 7.45. The highest BCUT2D eigenvalue weighted by Gasteiger charge is 2.19. The first-order chi connectivity index (χ1) is 6.29. The zero-order chi connectivity index (χ0) is 9.26. The van der Waals surface area contributed by atoms with Crippen molar-refractivity contribution in [3.63, 3.8) is 0 Å². The van der Waals surface area contributed by atoms with E-state index in [2.05, 4.69) is 10.3 Å². The van der Waals surface area contributed by atoms with E-state index >= 15 is 0 Å². The molecular weight excluding hydrogens is 166 g/mol. The highest BCUT2D eigenvalue weighted by molar-refractivity contribution is 5.94. The Morgan fingerprint density at radius 3 is 3.31 bits per heavy atom. The number of pyridine rings is 1. The van der Waals surface area contributed by atoms with Crippen LogP contribution in [0.2, 0.25) is 0 Å². The minimum atomic E-state index is 0.0430. The lowest BCUT2D eigenvalue weighted by Crippen LogP contribution is -2.37. The number of rotatable bonds is 0. The number of fused-ring (bicyclic) bond motifs is 1. The fourth-order valence-electron chi connectivity index (χ4n) is 1.46. The van der Waals surface area contributed by atoms with Crippen LogP contribution in [0.3, 0.4) is 0 Å². The van der Waals surface area contributed by atoms with Crippen molar-refractivity contribution in [2.24, 2.45) is 0 Å². The number of hydrogen-bond donors (Lipinski definition) is 1. The molecule has 1 aromatic rings. The van der Waals surface area contributed by atoms with Crippen molar-refractivity contribution in [2.75, 3.05) is 23.3 Å². The summed E-state index contributed by atoms with van der Waals surface area (Å²) in [5.74, 6) is 0.780. The Labute approximate surface area is 76.6 Å². The molecule has 2 heterocycles. The highest BCUT2D eigenvalue weighted by atomic mass is 16.2. The van der Waals surface area contributed by atoms with Gasteiger partial charge in [-0.3, -0.25) is 9.69 Å². The molecule has 0 saturated heterocycles. The molecule has 1 aliphatic heterocycles. The molecule has 1 amide bonds. The van der Waals surface area contributed by atoms with Crippen molar-refractivity contribution in [3.05, 3.63) is 18.3 Å². The second kappa shape index (κ2) is 3.05. The Morgan fingerprint density at radius 2 is 2.54 bits per heavy atom. The Morgan fingerprint density at radius 1 is 1.69 bits per heavy atom. The first-order valence-corrected chi connectivity index (χ1v) is 4.26. The number of amides is 1. The standard InChI is InChI=1S/C9H11N3O/c1-7(13)12-6-5-10-8-3-2-4-11-9(8)12/h2-4,10H,5-6H2,1H3. The maximum Gasteiger partial charge on any atom is 0.225 e. The second-order valence-electron chi connectivity index (χ2n) is 2.97. The molecule has 0 bridgehead atoms. The number of hydrogen-bond acceptors (Lipinski definition) is 3. The summed E-state index contributed by atoms with van der Waals surface area (Å²) < 4.78 is 0. The van der Waals surface area contributed by atoms with Gasteiger partial charge in [-0.05, 0) is 12.1 Å². The first-order valence-electron chi connectivity index (χ1n) is 4.26. The van der Waals surface area contributed by atoms with Crippen LogP contribution in [-0.4, -0.2) is 24.0 Å². The van der Waals surface area contributed by atoms with Crippen molar-refractivity contribution >= 4 is 17.4 Å². The lowest BCUT2D eigenvalue weighted by Gasteiger charge is -2.27. The van der Waals surface area contributed by atoms with E-state index in [0.717, 1.165) is 18.1 Å². The molecule has 2 rings (SSSR count). The van der Waals surface area contributed by atoms with Crippen molar-refractivity contribution in [1.82, 2.24) is 4.98 Å². The maximum absolute atomic E-state index is 11.2. The molecule has 0 saturated carbocycles. The number of anilines is 2. The van der Waals surface area contributed by atoms with Crippen LogP contribution < -0.4 is 10.2 Å². The van der Waals surface area contributed by atoms with E-state index in [0.29, 0.717) is 6.54 Å². The molecule has 0 radical (unpaired) electrons. The van der Waals surface area contributed by atoms with Crippen LogP contribution in [0.5, 0.6) is 0 Å². The predicted octanol–water partition coefficient (Wildman–Crippen LogP) is 0.860. The quantitative estimate of drug-likeness (QED) is 0.639. The predicted molar refractivity (Wildman–Crippen MR) is 50.8 cm³/mol. The van der Waals surface area contributed by atoms with E-state index in [1.807, 2.05) is 12.1 Å². The molecule has 13 heavy (non-hydrogen) atoms. The van der Waals surface area contributed by atoms with Gasteiger partial charge in [0.1, 0.15) is 0 Å². The molecule has 0 fully saturated rings. The molecule has 0 spiro atoms. The minimum absolute atomic E-state index is 0.0430. The van der Waals surface area contributed by atoms with Gasteiger partial charge in [0.25, 0.3) is 0 Å². The smallest absolute Gasteiger partial charge is 0.225 e. The average molecular weight is 177 g/mol. The largest absolute Gasteiger partial charge is 0.380 e. The normalized spacial score (nSPS) is 14.7. The molecule has 0 unspecified atom stereocenters. The lowest BCUT2D eigenvalue weighted by molar-refractivity contribution is -0.116. The van der Waals surface area contributed by atoms with Gasteiger partial charge in [0.2, 0.25) is 5.91 Å². The van der Waals surface area contributed by atoms with Gasteiger partial charge in [0.05, 0.1) is 5.69 Å². The Kier molecular flexibility index (Phi) is 1.88. The van der Waals surface area contributed by atoms with Gasteiger partial charge in [-0.15, -0.1) is 0 Å². The molecule has 0 aliphatic carbocycles. The van der Waals surface area contributed by atoms with Crippen LogP contribution in [0.4, 0.5) is 11.5 Å². The molecule has 0 aromatic carbocycles. The molecule has 1 aromatic heterocycles. The second-order valence-corrected chi connectivity index (χ2v) is 2.97. The summed E-state index contributed by atoms with van der Waals surface area (Å²) in [6.45, 7) is 3.04. The maximum atomic E-state index is 11.2. The molecular formula is C9H11N3O. The third-order valence-corrected chi connectivity index (χ3v) is 2.07. The van der Waals surface area contributed by atoms with Gasteiger partial charge in [-0.1, -0.05) is 0 Å². The first kappa shape index (κ1) is 8.04. The summed E-state index contributed by atoms with van der Waals surface area (Å²) in [5.41, 5.74) is 0.934.